The first kappa shape index (κ1) is 11.8. The zero-order valence-corrected chi connectivity index (χ0v) is 7.67. The van der Waals surface area contributed by atoms with Crippen LogP contribution in [0.5, 0.6) is 0 Å². The van der Waals surface area contributed by atoms with Crippen LogP contribution in [0.25, 0.3) is 0 Å². The SMILES string of the molecule is NC(=O)c1cccc[n+]1CCF.[Cl-]. The third-order valence-corrected chi connectivity index (χ3v) is 1.52. The molecule has 0 bridgehead atoms. The molecule has 0 radical (unpaired) electrons. The molecular weight excluding hydrogens is 195 g/mol. The Kier molecular flexibility index (Phi) is 4.99. The van der Waals surface area contributed by atoms with Crippen LogP contribution in [0.4, 0.5) is 4.39 Å². The summed E-state index contributed by atoms with van der Waals surface area (Å²) in [5.41, 5.74) is 5.39. The van der Waals surface area contributed by atoms with Crippen molar-refractivity contribution in [2.45, 2.75) is 6.54 Å². The van der Waals surface area contributed by atoms with Crippen molar-refractivity contribution in [3.8, 4) is 0 Å². The Bertz CT molecular complexity index is 293. The van der Waals surface area contributed by atoms with Crippen molar-refractivity contribution in [1.29, 1.82) is 0 Å². The minimum absolute atomic E-state index is 0. The third kappa shape index (κ3) is 2.99. The highest BCUT2D eigenvalue weighted by Gasteiger charge is 2.13. The number of nitrogens with two attached hydrogens (primary N) is 1. The van der Waals surface area contributed by atoms with Crippen LogP contribution < -0.4 is 22.7 Å². The Labute approximate surface area is 81.8 Å². The molecule has 1 rings (SSSR count). The van der Waals surface area contributed by atoms with Gasteiger partial charge in [0.1, 0.15) is 6.67 Å². The second kappa shape index (κ2) is 5.48. The molecule has 0 aliphatic carbocycles. The number of alkyl halides is 1. The number of amides is 1. The topological polar surface area (TPSA) is 47.0 Å². The minimum Gasteiger partial charge on any atom is -1.00 e. The number of halogens is 2. The maximum atomic E-state index is 11.9. The zero-order chi connectivity index (χ0) is 8.97. The van der Waals surface area contributed by atoms with Gasteiger partial charge in [-0.2, -0.15) is 4.57 Å². The smallest absolute Gasteiger partial charge is 0.313 e. The van der Waals surface area contributed by atoms with Gasteiger partial charge in [-0.15, -0.1) is 0 Å². The van der Waals surface area contributed by atoms with Gasteiger partial charge in [0.05, 0.1) is 0 Å². The number of rotatable bonds is 3. The van der Waals surface area contributed by atoms with Crippen molar-refractivity contribution >= 4 is 5.91 Å². The summed E-state index contributed by atoms with van der Waals surface area (Å²) >= 11 is 0. The zero-order valence-electron chi connectivity index (χ0n) is 6.91. The van der Waals surface area contributed by atoms with E-state index >= 15 is 0 Å². The number of aryl methyl sites for hydroxylation is 1. The fraction of sp³-hybridized carbons (Fsp3) is 0.250. The molecule has 5 heteroatoms. The van der Waals surface area contributed by atoms with Crippen molar-refractivity contribution in [3.05, 3.63) is 30.1 Å². The molecule has 72 valence electrons. The summed E-state index contributed by atoms with van der Waals surface area (Å²) in [7, 11) is 0. The van der Waals surface area contributed by atoms with Gasteiger partial charge in [0.2, 0.25) is 0 Å². The molecule has 1 amide bonds. The summed E-state index contributed by atoms with van der Waals surface area (Å²) in [6.07, 6.45) is 1.62. The fourth-order valence-corrected chi connectivity index (χ4v) is 0.986. The standard InChI is InChI=1S/C8H9FN2O.ClH/c9-4-6-11-5-2-1-3-7(11)8(10)12;/h1-3,5H,4,6H2,(H-,10,12);1H. The van der Waals surface area contributed by atoms with Gasteiger partial charge < -0.3 is 18.1 Å². The van der Waals surface area contributed by atoms with Crippen molar-refractivity contribution in [2.75, 3.05) is 6.67 Å². The lowest BCUT2D eigenvalue weighted by Crippen LogP contribution is -3.00. The van der Waals surface area contributed by atoms with Gasteiger partial charge in [0.25, 0.3) is 5.69 Å². The van der Waals surface area contributed by atoms with E-state index in [-0.39, 0.29) is 19.0 Å². The van der Waals surface area contributed by atoms with E-state index in [1.165, 1.54) is 4.57 Å². The van der Waals surface area contributed by atoms with E-state index in [9.17, 15) is 9.18 Å². The fourth-order valence-electron chi connectivity index (χ4n) is 0.986. The monoisotopic (exact) mass is 204 g/mol. The minimum atomic E-state index is -0.538. The predicted octanol–water partition coefficient (Wildman–Crippen LogP) is -2.95. The van der Waals surface area contributed by atoms with Gasteiger partial charge in [0, 0.05) is 12.1 Å². The largest absolute Gasteiger partial charge is 1.00 e. The van der Waals surface area contributed by atoms with E-state index in [1.807, 2.05) is 0 Å². The summed E-state index contributed by atoms with van der Waals surface area (Å²) < 4.78 is 13.4. The molecule has 0 spiro atoms. The van der Waals surface area contributed by atoms with E-state index in [1.54, 1.807) is 24.4 Å². The van der Waals surface area contributed by atoms with Crippen molar-refractivity contribution in [1.82, 2.24) is 0 Å². The molecule has 1 heterocycles. The highest BCUT2D eigenvalue weighted by atomic mass is 35.5. The molecule has 13 heavy (non-hydrogen) atoms. The van der Waals surface area contributed by atoms with E-state index < -0.39 is 12.6 Å². The summed E-state index contributed by atoms with van der Waals surface area (Å²) in [4.78, 5) is 10.8. The molecule has 0 aliphatic heterocycles. The van der Waals surface area contributed by atoms with Crippen LogP contribution in [0.3, 0.4) is 0 Å². The molecule has 0 fully saturated rings. The van der Waals surface area contributed by atoms with Crippen molar-refractivity contribution in [3.63, 3.8) is 0 Å². The Balaban J connectivity index is 0.00000144. The molecule has 0 saturated heterocycles. The number of carbonyl (C=O) groups is 1. The van der Waals surface area contributed by atoms with Gasteiger partial charge in [-0.05, 0) is 6.07 Å². The number of primary amides is 1. The number of nitrogens with zero attached hydrogens (tertiary/aromatic N) is 1. The maximum Gasteiger partial charge on any atom is 0.313 e. The lowest BCUT2D eigenvalue weighted by Gasteiger charge is -1.96. The van der Waals surface area contributed by atoms with Gasteiger partial charge in [0.15, 0.2) is 12.7 Å². The predicted molar refractivity (Wildman–Crippen MR) is 41.1 cm³/mol. The Hall–Kier alpha value is -1.16. The lowest BCUT2D eigenvalue weighted by atomic mass is 10.3. The number of aromatic nitrogens is 1. The van der Waals surface area contributed by atoms with Crippen LogP contribution in [0.15, 0.2) is 24.4 Å². The molecule has 3 nitrogen and oxygen atoms in total. The number of hydrogen-bond donors (Lipinski definition) is 1. The molecule has 0 unspecified atom stereocenters. The summed E-state index contributed by atoms with van der Waals surface area (Å²) in [5, 5.41) is 0. The highest BCUT2D eigenvalue weighted by Crippen LogP contribution is 1.89. The van der Waals surface area contributed by atoms with Crippen LogP contribution in [0, 0.1) is 0 Å². The van der Waals surface area contributed by atoms with Crippen molar-refractivity contribution in [2.24, 2.45) is 5.73 Å². The highest BCUT2D eigenvalue weighted by molar-refractivity contribution is 5.89. The van der Waals surface area contributed by atoms with Gasteiger partial charge in [-0.3, -0.25) is 4.79 Å². The Morgan fingerprint density at radius 2 is 2.23 bits per heavy atom. The first-order valence-electron chi connectivity index (χ1n) is 3.60. The average molecular weight is 205 g/mol. The number of hydrogen-bond acceptors (Lipinski definition) is 1. The normalized spacial score (nSPS) is 9.00. The van der Waals surface area contributed by atoms with E-state index in [0.717, 1.165) is 0 Å². The summed E-state index contributed by atoms with van der Waals surface area (Å²) in [6.45, 7) is -0.339. The van der Waals surface area contributed by atoms with E-state index in [2.05, 4.69) is 0 Å². The van der Waals surface area contributed by atoms with Gasteiger partial charge >= 0.3 is 5.91 Å². The van der Waals surface area contributed by atoms with E-state index in [4.69, 9.17) is 5.73 Å². The molecule has 1 aromatic rings. The summed E-state index contributed by atoms with van der Waals surface area (Å²) in [5.74, 6) is -0.538. The van der Waals surface area contributed by atoms with Gasteiger partial charge in [-0.1, -0.05) is 0 Å². The third-order valence-electron chi connectivity index (χ3n) is 1.52. The lowest BCUT2D eigenvalue weighted by molar-refractivity contribution is -0.698. The van der Waals surface area contributed by atoms with Crippen LogP contribution >= 0.6 is 0 Å². The molecule has 0 aliphatic rings. The second-order valence-electron chi connectivity index (χ2n) is 2.33. The molecule has 0 atom stereocenters. The Morgan fingerprint density at radius 1 is 1.54 bits per heavy atom. The molecule has 0 aromatic carbocycles. The second-order valence-corrected chi connectivity index (χ2v) is 2.33. The van der Waals surface area contributed by atoms with Crippen LogP contribution in [0.2, 0.25) is 0 Å². The van der Waals surface area contributed by atoms with Crippen molar-refractivity contribution < 1.29 is 26.2 Å². The molecule has 0 saturated carbocycles. The first-order chi connectivity index (χ1) is 5.75. The van der Waals surface area contributed by atoms with Crippen LogP contribution in [0.1, 0.15) is 10.5 Å². The number of carbonyl (C=O) groups excluding carboxylic acids is 1. The van der Waals surface area contributed by atoms with E-state index in [0.29, 0.717) is 5.69 Å². The number of pyridine rings is 1. The van der Waals surface area contributed by atoms with Crippen LogP contribution in [-0.4, -0.2) is 12.6 Å². The molecule has 2 N–H and O–H groups in total. The summed E-state index contributed by atoms with van der Waals surface area (Å²) in [6, 6.07) is 4.98. The quantitative estimate of drug-likeness (QED) is 0.526. The average Bonchev–Trinajstić information content (AvgIpc) is 2.05. The molecule has 1 aromatic heterocycles. The maximum absolute atomic E-state index is 11.9. The van der Waals surface area contributed by atoms with Crippen LogP contribution in [-0.2, 0) is 6.54 Å². The van der Waals surface area contributed by atoms with Gasteiger partial charge in [-0.25, -0.2) is 4.39 Å². The molecular formula is C8H10ClFN2O. The Morgan fingerprint density at radius 3 is 2.77 bits per heavy atom. The first-order valence-corrected chi connectivity index (χ1v) is 3.60.